The van der Waals surface area contributed by atoms with Crippen LogP contribution in [0.3, 0.4) is 0 Å². The number of hydrogen-bond acceptors (Lipinski definition) is 5. The second-order valence-electron chi connectivity index (χ2n) is 6.01. The lowest BCUT2D eigenvalue weighted by atomic mass is 9.90. The molecule has 1 aromatic carbocycles. The monoisotopic (exact) mass is 346 g/mol. The number of likely N-dealkylation sites (tertiary alicyclic amines) is 1. The minimum Gasteiger partial charge on any atom is -0.297 e. The van der Waals surface area contributed by atoms with Crippen molar-refractivity contribution in [2.75, 3.05) is 19.3 Å². The molecular formula is C18H22N2OS2. The van der Waals surface area contributed by atoms with Crippen molar-refractivity contribution in [3.8, 4) is 0 Å². The normalized spacial score (nSPS) is 19.0. The fraction of sp³-hybridized carbons (Fsp3) is 0.444. The molecule has 0 amide bonds. The molecule has 1 aromatic heterocycles. The third kappa shape index (κ3) is 4.22. The van der Waals surface area contributed by atoms with Crippen LogP contribution >= 0.6 is 23.1 Å². The van der Waals surface area contributed by atoms with Crippen LogP contribution in [0.4, 0.5) is 0 Å². The molecule has 1 aliphatic rings. The summed E-state index contributed by atoms with van der Waals surface area (Å²) in [6.45, 7) is 4.89. The topological polar surface area (TPSA) is 33.2 Å². The molecule has 1 aliphatic heterocycles. The molecule has 0 unspecified atom stereocenters. The number of aryl methyl sites for hydroxylation is 1. The maximum atomic E-state index is 12.8. The lowest BCUT2D eigenvalue weighted by Crippen LogP contribution is -2.38. The summed E-state index contributed by atoms with van der Waals surface area (Å²) in [4.78, 5) is 22.0. The molecule has 0 aliphatic carbocycles. The van der Waals surface area contributed by atoms with E-state index in [2.05, 4.69) is 16.1 Å². The first kappa shape index (κ1) is 16.7. The van der Waals surface area contributed by atoms with Crippen molar-refractivity contribution < 1.29 is 4.79 Å². The molecule has 2 heterocycles. The van der Waals surface area contributed by atoms with Gasteiger partial charge in [-0.15, -0.1) is 23.1 Å². The third-order valence-electron chi connectivity index (χ3n) is 4.30. The SMILES string of the molecule is CSc1ccc(C(=O)[C@H]2CCCN(Cc3cnc(C)s3)C2)cc1. The van der Waals surface area contributed by atoms with E-state index in [1.165, 1.54) is 9.77 Å². The minimum atomic E-state index is 0.123. The molecule has 1 atom stereocenters. The van der Waals surface area contributed by atoms with E-state index in [1.807, 2.05) is 37.4 Å². The molecule has 3 nitrogen and oxygen atoms in total. The van der Waals surface area contributed by atoms with Crippen LogP contribution < -0.4 is 0 Å². The Bertz CT molecular complexity index is 666. The number of thioether (sulfide) groups is 1. The maximum absolute atomic E-state index is 12.8. The Labute approximate surface area is 146 Å². The zero-order valence-corrected chi connectivity index (χ0v) is 15.3. The predicted octanol–water partition coefficient (Wildman–Crippen LogP) is 4.27. The highest BCUT2D eigenvalue weighted by atomic mass is 32.2. The summed E-state index contributed by atoms with van der Waals surface area (Å²) in [6.07, 6.45) is 6.11. The van der Waals surface area contributed by atoms with Crippen LogP contribution in [0.15, 0.2) is 35.4 Å². The first-order valence-electron chi connectivity index (χ1n) is 7.97. The average molecular weight is 347 g/mol. The fourth-order valence-corrected chi connectivity index (χ4v) is 4.35. The Morgan fingerprint density at radius 3 is 2.83 bits per heavy atom. The van der Waals surface area contributed by atoms with Gasteiger partial charge in [-0.05, 0) is 44.7 Å². The number of thiazole rings is 1. The fourth-order valence-electron chi connectivity index (χ4n) is 3.10. The van der Waals surface area contributed by atoms with Gasteiger partial charge in [0.2, 0.25) is 0 Å². The zero-order chi connectivity index (χ0) is 16.2. The van der Waals surface area contributed by atoms with E-state index in [-0.39, 0.29) is 5.92 Å². The standard InChI is InChI=1S/C18H22N2OS2/c1-13-19-10-17(23-13)12-20-9-3-4-15(11-20)18(21)14-5-7-16(22-2)8-6-14/h5-8,10,15H,3-4,9,11-12H2,1-2H3/t15-/m0/s1. The van der Waals surface area contributed by atoms with Crippen LogP contribution in [0.25, 0.3) is 0 Å². The van der Waals surface area contributed by atoms with Gasteiger partial charge in [-0.2, -0.15) is 0 Å². The van der Waals surface area contributed by atoms with Gasteiger partial charge in [0.15, 0.2) is 5.78 Å². The highest BCUT2D eigenvalue weighted by Crippen LogP contribution is 2.24. The summed E-state index contributed by atoms with van der Waals surface area (Å²) in [5, 5.41) is 1.11. The molecule has 0 saturated carbocycles. The molecular weight excluding hydrogens is 324 g/mol. The smallest absolute Gasteiger partial charge is 0.167 e. The Hall–Kier alpha value is -1.17. The van der Waals surface area contributed by atoms with Gasteiger partial charge < -0.3 is 0 Å². The lowest BCUT2D eigenvalue weighted by Gasteiger charge is -2.31. The molecule has 0 bridgehead atoms. The lowest BCUT2D eigenvalue weighted by molar-refractivity contribution is 0.0812. The summed E-state index contributed by atoms with van der Waals surface area (Å²) < 4.78 is 0. The number of nitrogens with zero attached hydrogens (tertiary/aromatic N) is 2. The van der Waals surface area contributed by atoms with E-state index in [4.69, 9.17) is 0 Å². The van der Waals surface area contributed by atoms with Crippen LogP contribution in [-0.2, 0) is 6.54 Å². The number of ketones is 1. The molecule has 122 valence electrons. The van der Waals surface area contributed by atoms with Gasteiger partial charge >= 0.3 is 0 Å². The van der Waals surface area contributed by atoms with Crippen molar-refractivity contribution >= 4 is 28.9 Å². The number of piperidine rings is 1. The molecule has 23 heavy (non-hydrogen) atoms. The number of carbonyl (C=O) groups excluding carboxylic acids is 1. The quantitative estimate of drug-likeness (QED) is 0.598. The second kappa shape index (κ2) is 7.60. The third-order valence-corrected chi connectivity index (χ3v) is 5.94. The van der Waals surface area contributed by atoms with Gasteiger partial charge in [-0.3, -0.25) is 9.69 Å². The number of benzene rings is 1. The van der Waals surface area contributed by atoms with E-state index >= 15 is 0 Å². The van der Waals surface area contributed by atoms with Crippen molar-refractivity contribution in [3.63, 3.8) is 0 Å². The van der Waals surface area contributed by atoms with E-state index in [1.54, 1.807) is 23.1 Å². The molecule has 1 saturated heterocycles. The Morgan fingerprint density at radius 2 is 2.17 bits per heavy atom. The minimum absolute atomic E-state index is 0.123. The number of Topliss-reactive ketones (excluding diaryl/α,β-unsaturated/α-hetero) is 1. The molecule has 3 rings (SSSR count). The molecule has 1 fully saturated rings. The Morgan fingerprint density at radius 1 is 1.39 bits per heavy atom. The highest BCUT2D eigenvalue weighted by molar-refractivity contribution is 7.98. The van der Waals surface area contributed by atoms with E-state index < -0.39 is 0 Å². The van der Waals surface area contributed by atoms with Gasteiger partial charge in [0.25, 0.3) is 0 Å². The largest absolute Gasteiger partial charge is 0.297 e. The molecule has 0 radical (unpaired) electrons. The van der Waals surface area contributed by atoms with Gasteiger partial charge in [0, 0.05) is 40.5 Å². The van der Waals surface area contributed by atoms with Crippen molar-refractivity contribution in [2.24, 2.45) is 5.92 Å². The molecule has 2 aromatic rings. The van der Waals surface area contributed by atoms with Crippen molar-refractivity contribution in [1.29, 1.82) is 0 Å². The molecule has 0 N–H and O–H groups in total. The van der Waals surface area contributed by atoms with Crippen molar-refractivity contribution in [3.05, 3.63) is 45.9 Å². The molecule has 0 spiro atoms. The van der Waals surface area contributed by atoms with Crippen LogP contribution in [-0.4, -0.2) is 35.0 Å². The van der Waals surface area contributed by atoms with Crippen LogP contribution in [0.1, 0.15) is 33.1 Å². The second-order valence-corrected chi connectivity index (χ2v) is 8.21. The zero-order valence-electron chi connectivity index (χ0n) is 13.6. The summed E-state index contributed by atoms with van der Waals surface area (Å²) in [6, 6.07) is 8.02. The summed E-state index contributed by atoms with van der Waals surface area (Å²) >= 11 is 3.46. The van der Waals surface area contributed by atoms with Gasteiger partial charge in [0.1, 0.15) is 0 Å². The van der Waals surface area contributed by atoms with Gasteiger partial charge in [-0.1, -0.05) is 12.1 Å². The first-order valence-corrected chi connectivity index (χ1v) is 10.0. The van der Waals surface area contributed by atoms with Crippen molar-refractivity contribution in [2.45, 2.75) is 31.2 Å². The van der Waals surface area contributed by atoms with E-state index in [0.717, 1.165) is 43.0 Å². The number of rotatable bonds is 5. The van der Waals surface area contributed by atoms with E-state index in [9.17, 15) is 4.79 Å². The summed E-state index contributed by atoms with van der Waals surface area (Å²) in [5.41, 5.74) is 0.850. The average Bonchev–Trinajstić information content (AvgIpc) is 2.99. The predicted molar refractivity (Wildman–Crippen MR) is 97.4 cm³/mol. The van der Waals surface area contributed by atoms with Gasteiger partial charge in [0.05, 0.1) is 5.01 Å². The number of aromatic nitrogens is 1. The van der Waals surface area contributed by atoms with Crippen LogP contribution in [0, 0.1) is 12.8 Å². The number of carbonyl (C=O) groups is 1. The van der Waals surface area contributed by atoms with E-state index in [0.29, 0.717) is 5.78 Å². The first-order chi connectivity index (χ1) is 11.2. The van der Waals surface area contributed by atoms with Gasteiger partial charge in [-0.25, -0.2) is 4.98 Å². The molecule has 5 heteroatoms. The summed E-state index contributed by atoms with van der Waals surface area (Å²) in [7, 11) is 0. The highest BCUT2D eigenvalue weighted by Gasteiger charge is 2.26. The van der Waals surface area contributed by atoms with Crippen LogP contribution in [0.5, 0.6) is 0 Å². The Balaban J connectivity index is 1.63. The maximum Gasteiger partial charge on any atom is 0.167 e. The Kier molecular flexibility index (Phi) is 5.51. The summed E-state index contributed by atoms with van der Waals surface area (Å²) in [5.74, 6) is 0.417. The van der Waals surface area contributed by atoms with Crippen molar-refractivity contribution in [1.82, 2.24) is 9.88 Å². The number of hydrogen-bond donors (Lipinski definition) is 0. The van der Waals surface area contributed by atoms with Crippen LogP contribution in [0.2, 0.25) is 0 Å².